The van der Waals surface area contributed by atoms with E-state index in [1.54, 1.807) is 11.2 Å². The predicted molar refractivity (Wildman–Crippen MR) is 185 cm³/mol. The SMILES string of the molecule is CCCCCCN1NC(c2ccc(N(CC)CC)cc2OCC)(c2ccc(N(CC)CC)cc2OCC)c2ncccc2C1=O. The number of nitrogens with one attached hydrogen (secondary N) is 1. The number of fused-ring (bicyclic) bond motifs is 1. The molecule has 0 saturated heterocycles. The van der Waals surface area contributed by atoms with E-state index in [0.29, 0.717) is 31.0 Å². The number of hydrogen-bond acceptors (Lipinski definition) is 7. The van der Waals surface area contributed by atoms with Crippen LogP contribution >= 0.6 is 0 Å². The lowest BCUT2D eigenvalue weighted by Crippen LogP contribution is -2.61. The summed E-state index contributed by atoms with van der Waals surface area (Å²) in [5.41, 5.74) is 7.90. The third-order valence-corrected chi connectivity index (χ3v) is 8.77. The molecule has 0 radical (unpaired) electrons. The molecule has 2 heterocycles. The molecule has 0 saturated carbocycles. The molecular formula is C37H53N5O3. The number of hydrazine groups is 1. The second-order valence-corrected chi connectivity index (χ2v) is 11.4. The van der Waals surface area contributed by atoms with Crippen molar-refractivity contribution in [3.05, 3.63) is 77.1 Å². The lowest BCUT2D eigenvalue weighted by Gasteiger charge is -2.45. The monoisotopic (exact) mass is 615 g/mol. The number of amides is 1. The summed E-state index contributed by atoms with van der Waals surface area (Å²) in [6, 6.07) is 16.6. The van der Waals surface area contributed by atoms with Gasteiger partial charge in [-0.05, 0) is 72.2 Å². The lowest BCUT2D eigenvalue weighted by molar-refractivity contribution is 0.0516. The topological polar surface area (TPSA) is 70.2 Å². The Labute approximate surface area is 270 Å². The van der Waals surface area contributed by atoms with Crippen LogP contribution in [0.5, 0.6) is 11.5 Å². The number of benzene rings is 2. The summed E-state index contributed by atoms with van der Waals surface area (Å²) in [5, 5.41) is 1.79. The number of anilines is 2. The van der Waals surface area contributed by atoms with Gasteiger partial charge in [-0.2, -0.15) is 0 Å². The minimum atomic E-state index is -1.06. The van der Waals surface area contributed by atoms with Crippen molar-refractivity contribution in [1.82, 2.24) is 15.4 Å². The van der Waals surface area contributed by atoms with Gasteiger partial charge in [0.1, 0.15) is 17.0 Å². The second kappa shape index (κ2) is 16.0. The van der Waals surface area contributed by atoms with Crippen LogP contribution in [0.1, 0.15) is 101 Å². The first-order valence-electron chi connectivity index (χ1n) is 17.0. The van der Waals surface area contributed by atoms with Gasteiger partial charge in [-0.3, -0.25) is 14.8 Å². The van der Waals surface area contributed by atoms with Crippen molar-refractivity contribution in [1.29, 1.82) is 0 Å². The molecule has 0 aliphatic carbocycles. The van der Waals surface area contributed by atoms with Gasteiger partial charge in [-0.1, -0.05) is 38.3 Å². The van der Waals surface area contributed by atoms with Crippen molar-refractivity contribution in [3.8, 4) is 11.5 Å². The Kier molecular flexibility index (Phi) is 12.1. The minimum absolute atomic E-state index is 0.0688. The van der Waals surface area contributed by atoms with E-state index in [2.05, 4.69) is 86.2 Å². The van der Waals surface area contributed by atoms with E-state index < -0.39 is 5.54 Å². The van der Waals surface area contributed by atoms with Crippen molar-refractivity contribution in [3.63, 3.8) is 0 Å². The molecule has 3 aromatic rings. The van der Waals surface area contributed by atoms with E-state index in [0.717, 1.165) is 85.9 Å². The molecule has 0 bridgehead atoms. The summed E-state index contributed by atoms with van der Waals surface area (Å²) in [6.07, 6.45) is 5.99. The summed E-state index contributed by atoms with van der Waals surface area (Å²) in [5.74, 6) is 1.43. The number of rotatable bonds is 17. The van der Waals surface area contributed by atoms with Gasteiger partial charge < -0.3 is 19.3 Å². The van der Waals surface area contributed by atoms with E-state index in [9.17, 15) is 4.79 Å². The summed E-state index contributed by atoms with van der Waals surface area (Å²) in [4.78, 5) is 23.6. The molecule has 8 nitrogen and oxygen atoms in total. The Morgan fingerprint density at radius 3 is 1.80 bits per heavy atom. The van der Waals surface area contributed by atoms with Gasteiger partial charge in [0.15, 0.2) is 0 Å². The van der Waals surface area contributed by atoms with Gasteiger partial charge in [-0.15, -0.1) is 0 Å². The molecule has 45 heavy (non-hydrogen) atoms. The molecule has 1 aliphatic rings. The van der Waals surface area contributed by atoms with Crippen LogP contribution in [0.4, 0.5) is 11.4 Å². The zero-order valence-corrected chi connectivity index (χ0v) is 28.5. The van der Waals surface area contributed by atoms with E-state index in [1.165, 1.54) is 0 Å². The summed E-state index contributed by atoms with van der Waals surface area (Å²) < 4.78 is 12.9. The number of pyridine rings is 1. The number of nitrogens with zero attached hydrogens (tertiary/aromatic N) is 4. The zero-order valence-electron chi connectivity index (χ0n) is 28.5. The fraction of sp³-hybridized carbons (Fsp3) is 0.514. The normalized spacial score (nSPS) is 13.8. The van der Waals surface area contributed by atoms with Crippen LogP contribution in [0.15, 0.2) is 54.7 Å². The molecular weight excluding hydrogens is 562 g/mol. The molecule has 1 N–H and O–H groups in total. The van der Waals surface area contributed by atoms with Crippen LogP contribution in [0.3, 0.4) is 0 Å². The highest BCUT2D eigenvalue weighted by molar-refractivity contribution is 5.97. The van der Waals surface area contributed by atoms with Crippen LogP contribution in [0.2, 0.25) is 0 Å². The van der Waals surface area contributed by atoms with Crippen molar-refractivity contribution in [2.75, 3.05) is 55.7 Å². The maximum Gasteiger partial charge on any atom is 0.269 e. The van der Waals surface area contributed by atoms with E-state index >= 15 is 0 Å². The van der Waals surface area contributed by atoms with Gasteiger partial charge in [0.05, 0.1) is 24.5 Å². The second-order valence-electron chi connectivity index (χ2n) is 11.4. The molecule has 1 amide bonds. The molecule has 244 valence electrons. The molecule has 1 aromatic heterocycles. The molecule has 1 aliphatic heterocycles. The van der Waals surface area contributed by atoms with Crippen LogP contribution in [-0.4, -0.2) is 61.8 Å². The molecule has 0 spiro atoms. The Hall–Kier alpha value is -3.78. The lowest BCUT2D eigenvalue weighted by atomic mass is 9.76. The average Bonchev–Trinajstić information content (AvgIpc) is 3.06. The summed E-state index contributed by atoms with van der Waals surface area (Å²) in [6.45, 7) is 20.0. The van der Waals surface area contributed by atoms with Crippen molar-refractivity contribution in [2.45, 2.75) is 79.7 Å². The highest BCUT2D eigenvalue weighted by atomic mass is 16.5. The van der Waals surface area contributed by atoms with Crippen LogP contribution in [0, 0.1) is 0 Å². The largest absolute Gasteiger partial charge is 0.493 e. The van der Waals surface area contributed by atoms with Crippen LogP contribution in [0.25, 0.3) is 0 Å². The molecule has 4 rings (SSSR count). The highest BCUT2D eigenvalue weighted by Gasteiger charge is 2.50. The minimum Gasteiger partial charge on any atom is -0.493 e. The number of hydrogen-bond donors (Lipinski definition) is 1. The number of carbonyl (C=O) groups excluding carboxylic acids is 1. The first-order chi connectivity index (χ1) is 21.9. The zero-order chi connectivity index (χ0) is 32.4. The number of ether oxygens (including phenoxy) is 2. The molecule has 0 atom stereocenters. The Morgan fingerprint density at radius 1 is 0.756 bits per heavy atom. The maximum atomic E-state index is 14.0. The van der Waals surface area contributed by atoms with Crippen molar-refractivity contribution >= 4 is 17.3 Å². The van der Waals surface area contributed by atoms with Gasteiger partial charge in [0.2, 0.25) is 0 Å². The standard InChI is InChI=1S/C37H53N5O3/c1-8-15-16-17-25-42-36(43)30-19-18-24-38-35(30)37(39-42,31-22-20-28(40(9-2)10-3)26-33(31)44-13-6)32-23-21-29(41(11-4)12-5)27-34(32)45-14-7/h18-24,26-27,39H,8-17,25H2,1-7H3. The fourth-order valence-corrected chi connectivity index (χ4v) is 6.47. The third kappa shape index (κ3) is 6.91. The molecule has 0 fully saturated rings. The Bertz CT molecular complexity index is 1340. The Balaban J connectivity index is 2.07. The van der Waals surface area contributed by atoms with E-state index in [4.69, 9.17) is 14.5 Å². The van der Waals surface area contributed by atoms with Crippen LogP contribution < -0.4 is 24.7 Å². The first-order valence-corrected chi connectivity index (χ1v) is 17.0. The average molecular weight is 616 g/mol. The number of aromatic nitrogens is 1. The predicted octanol–water partition coefficient (Wildman–Crippen LogP) is 7.40. The molecule has 2 aromatic carbocycles. The van der Waals surface area contributed by atoms with Gasteiger partial charge >= 0.3 is 0 Å². The third-order valence-electron chi connectivity index (χ3n) is 8.77. The van der Waals surface area contributed by atoms with Crippen molar-refractivity contribution in [2.24, 2.45) is 0 Å². The quantitative estimate of drug-likeness (QED) is 0.159. The first kappa shape index (κ1) is 34.1. The molecule has 0 unspecified atom stereocenters. The van der Waals surface area contributed by atoms with E-state index in [1.807, 2.05) is 26.0 Å². The van der Waals surface area contributed by atoms with Crippen LogP contribution in [-0.2, 0) is 5.54 Å². The van der Waals surface area contributed by atoms with Gasteiger partial charge in [0, 0.05) is 73.6 Å². The summed E-state index contributed by atoms with van der Waals surface area (Å²) >= 11 is 0. The molecule has 8 heteroatoms. The van der Waals surface area contributed by atoms with Crippen molar-refractivity contribution < 1.29 is 14.3 Å². The number of unbranched alkanes of at least 4 members (excludes halogenated alkanes) is 3. The van der Waals surface area contributed by atoms with Gasteiger partial charge in [0.25, 0.3) is 5.91 Å². The van der Waals surface area contributed by atoms with E-state index in [-0.39, 0.29) is 5.91 Å². The van der Waals surface area contributed by atoms with Gasteiger partial charge in [-0.25, -0.2) is 5.43 Å². The number of carbonyl (C=O) groups is 1. The highest BCUT2D eigenvalue weighted by Crippen LogP contribution is 2.49. The maximum absolute atomic E-state index is 14.0. The summed E-state index contributed by atoms with van der Waals surface area (Å²) in [7, 11) is 0. The Morgan fingerprint density at radius 2 is 1.31 bits per heavy atom. The smallest absolute Gasteiger partial charge is 0.269 e. The fourth-order valence-electron chi connectivity index (χ4n) is 6.47.